The summed E-state index contributed by atoms with van der Waals surface area (Å²) in [5.41, 5.74) is 2.20. The van der Waals surface area contributed by atoms with E-state index in [0.717, 1.165) is 38.4 Å². The van der Waals surface area contributed by atoms with Crippen LogP contribution in [0.1, 0.15) is 17.5 Å². The average Bonchev–Trinajstić information content (AvgIpc) is 2.73. The first-order valence-electron chi connectivity index (χ1n) is 9.83. The Morgan fingerprint density at radius 2 is 1.80 bits per heavy atom. The van der Waals surface area contributed by atoms with Crippen LogP contribution in [0.15, 0.2) is 53.4 Å². The minimum Gasteiger partial charge on any atom is -0.379 e. The van der Waals surface area contributed by atoms with Gasteiger partial charge in [-0.15, -0.1) is 0 Å². The van der Waals surface area contributed by atoms with E-state index in [9.17, 15) is 13.2 Å². The Bertz CT molecular complexity index is 962. The maximum absolute atomic E-state index is 12.3. The molecule has 0 unspecified atom stereocenters. The van der Waals surface area contributed by atoms with E-state index in [2.05, 4.69) is 27.1 Å². The highest BCUT2D eigenvalue weighted by Gasteiger charge is 2.17. The second kappa shape index (κ2) is 10.9. The lowest BCUT2D eigenvalue weighted by Gasteiger charge is -2.26. The molecule has 162 valence electrons. The minimum atomic E-state index is -3.75. The standard InChI is InChI=1S/C21H26ClN3O4S/c22-19-6-1-2-7-20(19)30(27,28)24-9-8-21(26)23-15-17-4-3-5-18(14-17)16-25-10-12-29-13-11-25/h1-7,14,24H,8-13,15-16H2,(H,23,26). The summed E-state index contributed by atoms with van der Waals surface area (Å²) in [6.07, 6.45) is 0.0388. The molecule has 0 saturated carbocycles. The second-order valence-electron chi connectivity index (χ2n) is 7.06. The fourth-order valence-corrected chi connectivity index (χ4v) is 4.73. The summed E-state index contributed by atoms with van der Waals surface area (Å²) >= 11 is 5.93. The van der Waals surface area contributed by atoms with Crippen LogP contribution in [0, 0.1) is 0 Å². The first-order chi connectivity index (χ1) is 14.4. The number of benzene rings is 2. The number of nitrogens with zero attached hydrogens (tertiary/aromatic N) is 1. The van der Waals surface area contributed by atoms with E-state index in [1.807, 2.05) is 12.1 Å². The number of ether oxygens (including phenoxy) is 1. The molecule has 2 aromatic rings. The van der Waals surface area contributed by atoms with Gasteiger partial charge in [-0.3, -0.25) is 9.69 Å². The van der Waals surface area contributed by atoms with Crippen molar-refractivity contribution in [1.82, 2.24) is 14.9 Å². The van der Waals surface area contributed by atoms with Gasteiger partial charge in [-0.05, 0) is 23.3 Å². The largest absolute Gasteiger partial charge is 0.379 e. The lowest BCUT2D eigenvalue weighted by atomic mass is 10.1. The van der Waals surface area contributed by atoms with E-state index >= 15 is 0 Å². The lowest BCUT2D eigenvalue weighted by molar-refractivity contribution is -0.121. The molecule has 0 aliphatic carbocycles. The summed E-state index contributed by atoms with van der Waals surface area (Å²) in [5.74, 6) is -0.226. The van der Waals surface area contributed by atoms with E-state index < -0.39 is 10.0 Å². The molecular weight excluding hydrogens is 426 g/mol. The quantitative estimate of drug-likeness (QED) is 0.610. The van der Waals surface area contributed by atoms with Crippen LogP contribution in [-0.4, -0.2) is 52.1 Å². The Morgan fingerprint density at radius 1 is 1.07 bits per heavy atom. The maximum Gasteiger partial charge on any atom is 0.242 e. The van der Waals surface area contributed by atoms with Gasteiger partial charge in [-0.2, -0.15) is 0 Å². The first kappa shape index (κ1) is 22.7. The van der Waals surface area contributed by atoms with E-state index in [1.165, 1.54) is 17.7 Å². The highest BCUT2D eigenvalue weighted by atomic mass is 35.5. The van der Waals surface area contributed by atoms with Gasteiger partial charge in [0.2, 0.25) is 15.9 Å². The number of amides is 1. The molecule has 1 aliphatic heterocycles. The van der Waals surface area contributed by atoms with Crippen LogP contribution >= 0.6 is 11.6 Å². The Morgan fingerprint density at radius 3 is 2.57 bits per heavy atom. The Balaban J connectivity index is 1.43. The molecule has 1 saturated heterocycles. The molecule has 0 bridgehead atoms. The van der Waals surface area contributed by atoms with Crippen molar-refractivity contribution in [1.29, 1.82) is 0 Å². The zero-order valence-electron chi connectivity index (χ0n) is 16.6. The first-order valence-corrected chi connectivity index (χ1v) is 11.7. The third-order valence-corrected chi connectivity index (χ3v) is 6.72. The minimum absolute atomic E-state index is 0.00351. The van der Waals surface area contributed by atoms with Crippen LogP contribution < -0.4 is 10.0 Å². The fourth-order valence-electron chi connectivity index (χ4n) is 3.18. The Hall–Kier alpha value is -1.97. The third kappa shape index (κ3) is 6.78. The zero-order chi connectivity index (χ0) is 21.4. The molecule has 3 rings (SSSR count). The van der Waals surface area contributed by atoms with E-state index in [1.54, 1.807) is 12.1 Å². The van der Waals surface area contributed by atoms with Gasteiger partial charge in [0.05, 0.1) is 18.2 Å². The normalized spacial score (nSPS) is 15.1. The highest BCUT2D eigenvalue weighted by molar-refractivity contribution is 7.89. The predicted molar refractivity (Wildman–Crippen MR) is 116 cm³/mol. The van der Waals surface area contributed by atoms with Crippen LogP contribution in [0.3, 0.4) is 0 Å². The molecule has 9 heteroatoms. The SMILES string of the molecule is O=C(CCNS(=O)(=O)c1ccccc1Cl)NCc1cccc(CN2CCOCC2)c1. The number of morpholine rings is 1. The molecule has 2 aromatic carbocycles. The van der Waals surface area contributed by atoms with Crippen LogP contribution in [0.5, 0.6) is 0 Å². The lowest BCUT2D eigenvalue weighted by Crippen LogP contribution is -2.35. The van der Waals surface area contributed by atoms with Crippen molar-refractivity contribution in [2.45, 2.75) is 24.4 Å². The summed E-state index contributed by atoms with van der Waals surface area (Å²) in [6, 6.07) is 14.3. The van der Waals surface area contributed by atoms with Gasteiger partial charge in [0, 0.05) is 39.1 Å². The van der Waals surface area contributed by atoms with Crippen molar-refractivity contribution >= 4 is 27.5 Å². The van der Waals surface area contributed by atoms with Crippen LogP contribution in [-0.2, 0) is 32.6 Å². The summed E-state index contributed by atoms with van der Waals surface area (Å²) in [7, 11) is -3.75. The molecule has 1 amide bonds. The number of rotatable bonds is 9. The second-order valence-corrected chi connectivity index (χ2v) is 9.21. The number of halogens is 1. The number of sulfonamides is 1. The number of hydrogen-bond acceptors (Lipinski definition) is 5. The highest BCUT2D eigenvalue weighted by Crippen LogP contribution is 2.20. The molecule has 30 heavy (non-hydrogen) atoms. The molecule has 0 radical (unpaired) electrons. The van der Waals surface area contributed by atoms with Crippen molar-refractivity contribution in [3.05, 3.63) is 64.7 Å². The number of carbonyl (C=O) groups is 1. The zero-order valence-corrected chi connectivity index (χ0v) is 18.2. The summed E-state index contributed by atoms with van der Waals surface area (Å²) in [5, 5.41) is 2.98. The molecule has 1 aliphatic rings. The van der Waals surface area contributed by atoms with Crippen LogP contribution in [0.4, 0.5) is 0 Å². The number of hydrogen-bond donors (Lipinski definition) is 2. The molecule has 1 fully saturated rings. The Labute approximate surface area is 182 Å². The van der Waals surface area contributed by atoms with Gasteiger partial charge in [0.1, 0.15) is 4.90 Å². The van der Waals surface area contributed by atoms with Gasteiger partial charge in [-0.25, -0.2) is 13.1 Å². The topological polar surface area (TPSA) is 87.7 Å². The summed E-state index contributed by atoms with van der Waals surface area (Å²) in [4.78, 5) is 14.5. The smallest absolute Gasteiger partial charge is 0.242 e. The molecule has 0 aromatic heterocycles. The third-order valence-electron chi connectivity index (χ3n) is 4.76. The van der Waals surface area contributed by atoms with Gasteiger partial charge >= 0.3 is 0 Å². The van der Waals surface area contributed by atoms with Crippen molar-refractivity contribution in [3.63, 3.8) is 0 Å². The molecule has 1 heterocycles. The molecule has 2 N–H and O–H groups in total. The van der Waals surface area contributed by atoms with E-state index in [4.69, 9.17) is 16.3 Å². The van der Waals surface area contributed by atoms with E-state index in [0.29, 0.717) is 6.54 Å². The summed E-state index contributed by atoms with van der Waals surface area (Å²) in [6.45, 7) is 4.61. The van der Waals surface area contributed by atoms with Crippen LogP contribution in [0.2, 0.25) is 5.02 Å². The number of carbonyl (C=O) groups excluding carboxylic acids is 1. The summed E-state index contributed by atoms with van der Waals surface area (Å²) < 4.78 is 32.3. The van der Waals surface area contributed by atoms with E-state index in [-0.39, 0.29) is 28.8 Å². The molecule has 0 atom stereocenters. The number of nitrogens with one attached hydrogen (secondary N) is 2. The van der Waals surface area contributed by atoms with Crippen molar-refractivity contribution in [3.8, 4) is 0 Å². The van der Waals surface area contributed by atoms with Crippen molar-refractivity contribution in [2.24, 2.45) is 0 Å². The molecule has 7 nitrogen and oxygen atoms in total. The van der Waals surface area contributed by atoms with Crippen LogP contribution in [0.25, 0.3) is 0 Å². The Kier molecular flexibility index (Phi) is 8.24. The van der Waals surface area contributed by atoms with Crippen molar-refractivity contribution in [2.75, 3.05) is 32.8 Å². The molecule has 0 spiro atoms. The van der Waals surface area contributed by atoms with Gasteiger partial charge in [0.25, 0.3) is 0 Å². The van der Waals surface area contributed by atoms with Gasteiger partial charge in [-0.1, -0.05) is 48.0 Å². The molecular formula is C21H26ClN3O4S. The average molecular weight is 452 g/mol. The predicted octanol–water partition coefficient (Wildman–Crippen LogP) is 2.16. The van der Waals surface area contributed by atoms with Gasteiger partial charge < -0.3 is 10.1 Å². The maximum atomic E-state index is 12.3. The fraction of sp³-hybridized carbons (Fsp3) is 0.381. The van der Waals surface area contributed by atoms with Gasteiger partial charge in [0.15, 0.2) is 0 Å². The monoisotopic (exact) mass is 451 g/mol. The van der Waals surface area contributed by atoms with Crippen molar-refractivity contribution < 1.29 is 17.9 Å².